The minimum Gasteiger partial charge on any atom is -0.467 e. The molecule has 0 radical (unpaired) electrons. The van der Waals surface area contributed by atoms with Crippen LogP contribution >= 0.6 is 46.6 Å². The molecule has 25 heteroatoms. The number of ether oxygens (including phenoxy) is 16. The predicted molar refractivity (Wildman–Crippen MR) is 413 cm³/mol. The van der Waals surface area contributed by atoms with Gasteiger partial charge in [-0.25, -0.2) is 19.2 Å². The fourth-order valence-corrected chi connectivity index (χ4v) is 14.3. The van der Waals surface area contributed by atoms with Crippen molar-refractivity contribution in [2.75, 3.05) is 46.3 Å². The number of nitrogens with one attached hydrogen (secondary N) is 1. The Hall–Kier alpha value is -7.82. The van der Waals surface area contributed by atoms with Crippen LogP contribution in [-0.4, -0.2) is 165 Å². The average Bonchev–Trinajstić information content (AvgIpc) is 0.776. The maximum atomic E-state index is 14.5. The zero-order valence-corrected chi connectivity index (χ0v) is 64.2. The van der Waals surface area contributed by atoms with Gasteiger partial charge in [0.2, 0.25) is 3.79 Å². The van der Waals surface area contributed by atoms with Crippen LogP contribution in [-0.2, 0) is 120 Å². The molecule has 0 aliphatic carbocycles. The molecule has 3 saturated heterocycles. The average molecular weight is 1590 g/mol. The summed E-state index contributed by atoms with van der Waals surface area (Å²) in [6.45, 7) is 0.0463. The zero-order chi connectivity index (χ0) is 76.7. The lowest BCUT2D eigenvalue weighted by atomic mass is 9.96. The fourth-order valence-electron chi connectivity index (χ4n) is 12.9. The van der Waals surface area contributed by atoms with E-state index < -0.39 is 126 Å². The van der Waals surface area contributed by atoms with Crippen molar-refractivity contribution in [1.82, 2.24) is 5.32 Å². The topological polar surface area (TPSA) is 228 Å². The number of alkyl halides is 3. The van der Waals surface area contributed by atoms with Gasteiger partial charge in [0, 0.05) is 13.7 Å². The second kappa shape index (κ2) is 43.8. The third-order valence-electron chi connectivity index (χ3n) is 18.4. The molecule has 0 spiro atoms. The van der Waals surface area contributed by atoms with E-state index in [1.54, 1.807) is 72.4 Å². The summed E-state index contributed by atoms with van der Waals surface area (Å²) in [6, 6.07) is 74.9. The SMILES string of the molecule is COC(=O)[C@H]1O[C@@H](OC[C@H]2O[C@@H](OC[C@H]3O[C@@H](SCCCCCCNC(=O)OCC(Cl)(Cl)Cl)[C@H](OCc4ccccc4)[C@@H](OCc4ccccc4)[C@H]3OCc3ccccc3)[C@H](OCc3ccccc3)[C@@H](OCc3ccccc3)[C@H]2OCc2ccccc2)[C@H](OC(=O)c2ccccc2)[C@@H](OC(=O)c2ccccc2)[C@@H]1OC. The maximum absolute atomic E-state index is 14.5. The van der Waals surface area contributed by atoms with Crippen LogP contribution in [0.15, 0.2) is 243 Å². The Kier molecular flexibility index (Phi) is 33.1. The van der Waals surface area contributed by atoms with E-state index in [1.807, 2.05) is 182 Å². The van der Waals surface area contributed by atoms with Crippen LogP contribution in [0.1, 0.15) is 79.8 Å². The monoisotopic (exact) mass is 1580 g/mol. The highest BCUT2D eigenvalue weighted by atomic mass is 35.6. The van der Waals surface area contributed by atoms with Gasteiger partial charge in [-0.1, -0.05) is 266 Å². The van der Waals surface area contributed by atoms with Crippen LogP contribution in [0.25, 0.3) is 0 Å². The molecule has 8 aromatic carbocycles. The molecule has 15 atom stereocenters. The lowest BCUT2D eigenvalue weighted by Gasteiger charge is -2.48. The van der Waals surface area contributed by atoms with E-state index in [9.17, 15) is 19.2 Å². The first-order valence-corrected chi connectivity index (χ1v) is 38.8. The Morgan fingerprint density at radius 2 is 0.755 bits per heavy atom. The van der Waals surface area contributed by atoms with Gasteiger partial charge in [-0.05, 0) is 76.2 Å². The van der Waals surface area contributed by atoms with Crippen LogP contribution in [0.3, 0.4) is 0 Å². The molecular weight excluding hydrogens is 1490 g/mol. The maximum Gasteiger partial charge on any atom is 0.407 e. The van der Waals surface area contributed by atoms with E-state index in [1.165, 1.54) is 14.2 Å². The van der Waals surface area contributed by atoms with Crippen molar-refractivity contribution in [3.8, 4) is 0 Å². The van der Waals surface area contributed by atoms with Crippen LogP contribution in [0, 0.1) is 0 Å². The van der Waals surface area contributed by atoms with Gasteiger partial charge in [0.25, 0.3) is 0 Å². The number of thioether (sulfide) groups is 1. The normalized spacial score (nSPS) is 24.0. The number of alkyl carbamates (subject to hydrolysis) is 1. The predicted octanol–water partition coefficient (Wildman–Crippen LogP) is 14.7. The molecule has 3 fully saturated rings. The van der Waals surface area contributed by atoms with E-state index in [0.29, 0.717) is 18.7 Å². The standard InChI is InChI=1S/C85H92Cl3NO20S/c1-94-70-73(107-78(90)64-43-25-11-26-44-64)76(108-79(91)65-45-27-12-28-46-65)82(109-74(70)80(92)95-2)103-55-66-68(96-49-58-31-13-5-14-32-58)71(98-51-60-35-17-7-18-36-60)75(100-53-62-39-21-9-22-40-62)81(105-66)102-56-67-69(97-50-59-33-15-6-16-34-59)72(99-52-61-37-19-8-20-38-61)77(101-54-63-41-23-10-24-42-63)83(106-67)110-48-30-4-3-29-47-89-84(93)104-57-85(86,87)88/h5-28,31-46,66-77,81-83H,3-4,29-30,47-57H2,1-2H3,(H,89,93)/t66-,67-,68+,69+,70+,71+,72+,73+,74+,75-,76-,77-,81-,82-,83+/m1/s1. The van der Waals surface area contributed by atoms with E-state index in [2.05, 4.69) is 5.32 Å². The second-order valence-electron chi connectivity index (χ2n) is 26.3. The Morgan fingerprint density at radius 3 is 1.17 bits per heavy atom. The Labute approximate surface area is 660 Å². The molecule has 0 saturated carbocycles. The number of esters is 3. The molecular formula is C85H92Cl3NO20S. The minimum absolute atomic E-state index is 0.0455. The Bertz CT molecular complexity index is 3990. The Balaban J connectivity index is 0.968. The molecule has 1 amide bonds. The lowest BCUT2D eigenvalue weighted by Crippen LogP contribution is -2.65. The fraction of sp³-hybridized carbons (Fsp3) is 0.388. The second-order valence-corrected chi connectivity index (χ2v) is 30.1. The van der Waals surface area contributed by atoms with Gasteiger partial charge in [-0.15, -0.1) is 11.8 Å². The van der Waals surface area contributed by atoms with Gasteiger partial charge >= 0.3 is 24.0 Å². The molecule has 0 unspecified atom stereocenters. The molecule has 21 nitrogen and oxygen atoms in total. The van der Waals surface area contributed by atoms with Crippen molar-refractivity contribution in [3.05, 3.63) is 287 Å². The smallest absolute Gasteiger partial charge is 0.407 e. The van der Waals surface area contributed by atoms with Gasteiger partial charge in [-0.3, -0.25) is 0 Å². The highest BCUT2D eigenvalue weighted by Crippen LogP contribution is 2.39. The van der Waals surface area contributed by atoms with E-state index in [0.717, 1.165) is 52.6 Å². The summed E-state index contributed by atoms with van der Waals surface area (Å²) >= 11 is 19.0. The number of amides is 1. The van der Waals surface area contributed by atoms with Crippen molar-refractivity contribution in [1.29, 1.82) is 0 Å². The third-order valence-corrected chi connectivity index (χ3v) is 20.0. The first kappa shape index (κ1) is 83.1. The number of benzene rings is 8. The highest BCUT2D eigenvalue weighted by Gasteiger charge is 2.57. The first-order chi connectivity index (χ1) is 53.8. The zero-order valence-electron chi connectivity index (χ0n) is 61.1. The van der Waals surface area contributed by atoms with Gasteiger partial charge in [-0.2, -0.15) is 0 Å². The molecule has 8 aromatic rings. The highest BCUT2D eigenvalue weighted by molar-refractivity contribution is 7.99. The molecule has 110 heavy (non-hydrogen) atoms. The van der Waals surface area contributed by atoms with Crippen LogP contribution in [0.4, 0.5) is 4.79 Å². The third kappa shape index (κ3) is 25.3. The van der Waals surface area contributed by atoms with E-state index in [-0.39, 0.29) is 64.0 Å². The van der Waals surface area contributed by atoms with Gasteiger partial charge in [0.15, 0.2) is 30.9 Å². The van der Waals surface area contributed by atoms with E-state index in [4.69, 9.17) is 111 Å². The van der Waals surface area contributed by atoms with Crippen molar-refractivity contribution in [2.45, 2.75) is 160 Å². The van der Waals surface area contributed by atoms with Crippen molar-refractivity contribution in [2.24, 2.45) is 0 Å². The summed E-state index contributed by atoms with van der Waals surface area (Å²) in [7, 11) is 2.48. The van der Waals surface area contributed by atoms with Crippen molar-refractivity contribution >= 4 is 70.6 Å². The number of rotatable bonds is 39. The quantitative estimate of drug-likeness (QED) is 0.0163. The largest absolute Gasteiger partial charge is 0.467 e. The molecule has 11 rings (SSSR count). The summed E-state index contributed by atoms with van der Waals surface area (Å²) < 4.78 is 106. The number of halogens is 3. The summed E-state index contributed by atoms with van der Waals surface area (Å²) in [5.41, 5.74) is 4.86. The summed E-state index contributed by atoms with van der Waals surface area (Å²) in [4.78, 5) is 55.2. The molecule has 3 heterocycles. The molecule has 3 aliphatic heterocycles. The van der Waals surface area contributed by atoms with Crippen molar-refractivity contribution in [3.63, 3.8) is 0 Å². The number of carbonyl (C=O) groups excluding carboxylic acids is 4. The number of unbranched alkanes of at least 4 members (excludes halogenated alkanes) is 3. The summed E-state index contributed by atoms with van der Waals surface area (Å²) in [5, 5.41) is 2.72. The van der Waals surface area contributed by atoms with Gasteiger partial charge < -0.3 is 81.1 Å². The molecule has 3 aliphatic rings. The molecule has 0 bridgehead atoms. The van der Waals surface area contributed by atoms with E-state index >= 15 is 0 Å². The number of carbonyl (C=O) groups is 4. The number of hydrogen-bond acceptors (Lipinski definition) is 21. The van der Waals surface area contributed by atoms with Crippen LogP contribution in [0.2, 0.25) is 0 Å². The lowest BCUT2D eigenvalue weighted by molar-refractivity contribution is -0.348. The van der Waals surface area contributed by atoms with Crippen molar-refractivity contribution < 1.29 is 95.0 Å². The van der Waals surface area contributed by atoms with Gasteiger partial charge in [0.05, 0.1) is 71.1 Å². The Morgan fingerprint density at radius 1 is 0.391 bits per heavy atom. The summed E-state index contributed by atoms with van der Waals surface area (Å²) in [6.07, 6.45) is -14.7. The van der Waals surface area contributed by atoms with Crippen LogP contribution < -0.4 is 5.32 Å². The van der Waals surface area contributed by atoms with Crippen LogP contribution in [0.5, 0.6) is 0 Å². The number of hydrogen-bond donors (Lipinski definition) is 1. The molecule has 0 aromatic heterocycles. The van der Waals surface area contributed by atoms with Gasteiger partial charge in [0.1, 0.15) is 67.0 Å². The first-order valence-electron chi connectivity index (χ1n) is 36.6. The minimum atomic E-state index is -1.73. The summed E-state index contributed by atoms with van der Waals surface area (Å²) in [5.74, 6) is -1.92. The number of methoxy groups -OCH3 is 2. The molecule has 584 valence electrons. The molecule has 1 N–H and O–H groups in total.